The van der Waals surface area contributed by atoms with Crippen molar-refractivity contribution in [3.8, 4) is 0 Å². The zero-order valence-electron chi connectivity index (χ0n) is 16.2. The van der Waals surface area contributed by atoms with Crippen molar-refractivity contribution in [2.45, 2.75) is 44.3 Å². The van der Waals surface area contributed by atoms with Gasteiger partial charge in [0.1, 0.15) is 5.65 Å². The third-order valence-electron chi connectivity index (χ3n) is 6.42. The lowest BCUT2D eigenvalue weighted by Crippen LogP contribution is -2.45. The summed E-state index contributed by atoms with van der Waals surface area (Å²) in [7, 11) is 1.47. The van der Waals surface area contributed by atoms with Gasteiger partial charge in [-0.25, -0.2) is 9.97 Å². The van der Waals surface area contributed by atoms with Crippen molar-refractivity contribution in [3.05, 3.63) is 63.1 Å². The van der Waals surface area contributed by atoms with Crippen LogP contribution >= 0.6 is 11.3 Å². The van der Waals surface area contributed by atoms with E-state index in [4.69, 9.17) is 4.74 Å². The first kappa shape index (κ1) is 18.4. The largest absolute Gasteiger partial charge is 0.469 e. The zero-order valence-corrected chi connectivity index (χ0v) is 17.0. The average Bonchev–Trinajstić information content (AvgIpc) is 3.44. The molecule has 0 aromatic carbocycles. The number of esters is 1. The van der Waals surface area contributed by atoms with Crippen molar-refractivity contribution in [3.63, 3.8) is 0 Å². The Morgan fingerprint density at radius 2 is 2.24 bits per heavy atom. The van der Waals surface area contributed by atoms with Gasteiger partial charge >= 0.3 is 5.97 Å². The molecule has 3 aromatic heterocycles. The Morgan fingerprint density at radius 1 is 1.34 bits per heavy atom. The van der Waals surface area contributed by atoms with Crippen LogP contribution in [0.4, 0.5) is 0 Å². The van der Waals surface area contributed by atoms with Crippen molar-refractivity contribution >= 4 is 23.0 Å². The molecule has 0 N–H and O–H groups in total. The number of nitrogens with zero attached hydrogens (tertiary/aromatic N) is 4. The number of hydrogen-bond donors (Lipinski definition) is 0. The summed E-state index contributed by atoms with van der Waals surface area (Å²) in [6, 6.07) is 7.49. The van der Waals surface area contributed by atoms with Gasteiger partial charge in [-0.3, -0.25) is 18.9 Å². The topological polar surface area (TPSA) is 76.8 Å². The summed E-state index contributed by atoms with van der Waals surface area (Å²) in [5.41, 5.74) is 3.46. The van der Waals surface area contributed by atoms with Crippen molar-refractivity contribution in [1.82, 2.24) is 19.3 Å². The van der Waals surface area contributed by atoms with Crippen molar-refractivity contribution in [1.29, 1.82) is 0 Å². The fourth-order valence-corrected chi connectivity index (χ4v) is 5.81. The second-order valence-electron chi connectivity index (χ2n) is 7.94. The van der Waals surface area contributed by atoms with Gasteiger partial charge in [-0.2, -0.15) is 0 Å². The van der Waals surface area contributed by atoms with Gasteiger partial charge in [0, 0.05) is 42.7 Å². The maximum Gasteiger partial charge on any atom is 0.313 e. The number of aromatic nitrogens is 3. The van der Waals surface area contributed by atoms with E-state index in [1.54, 1.807) is 33.5 Å². The summed E-state index contributed by atoms with van der Waals surface area (Å²) in [4.78, 5) is 36.9. The van der Waals surface area contributed by atoms with Crippen LogP contribution < -0.4 is 5.56 Å². The Labute approximate surface area is 172 Å². The Morgan fingerprint density at radius 3 is 3.03 bits per heavy atom. The summed E-state index contributed by atoms with van der Waals surface area (Å²) < 4.78 is 6.80. The lowest BCUT2D eigenvalue weighted by molar-refractivity contribution is -0.155. The molecule has 3 atom stereocenters. The highest BCUT2D eigenvalue weighted by molar-refractivity contribution is 7.07. The van der Waals surface area contributed by atoms with Crippen LogP contribution in [0.1, 0.15) is 30.7 Å². The third kappa shape index (κ3) is 2.98. The molecular weight excluding hydrogens is 388 g/mol. The highest BCUT2D eigenvalue weighted by Crippen LogP contribution is 2.52. The van der Waals surface area contributed by atoms with Gasteiger partial charge in [0.15, 0.2) is 0 Å². The minimum absolute atomic E-state index is 0.0673. The number of fused-ring (bicyclic) bond motifs is 3. The molecule has 2 aliphatic rings. The first-order chi connectivity index (χ1) is 14.1. The molecule has 0 unspecified atom stereocenters. The Kier molecular flexibility index (Phi) is 4.48. The molecule has 3 aromatic rings. The van der Waals surface area contributed by atoms with Gasteiger partial charge in [0.25, 0.3) is 5.56 Å². The molecule has 0 aliphatic carbocycles. The normalized spacial score (nSPS) is 26.2. The van der Waals surface area contributed by atoms with Crippen LogP contribution in [0.25, 0.3) is 5.65 Å². The molecule has 0 radical (unpaired) electrons. The first-order valence-electron chi connectivity index (χ1n) is 9.79. The second-order valence-corrected chi connectivity index (χ2v) is 8.66. The van der Waals surface area contributed by atoms with Crippen LogP contribution in [0.5, 0.6) is 0 Å². The molecular formula is C21H22N4O3S. The van der Waals surface area contributed by atoms with Crippen molar-refractivity contribution < 1.29 is 9.53 Å². The number of carbonyl (C=O) groups excluding carboxylic acids is 1. The zero-order chi connectivity index (χ0) is 20.0. The van der Waals surface area contributed by atoms with E-state index in [1.807, 2.05) is 23.6 Å². The molecule has 150 valence electrons. The average molecular weight is 410 g/mol. The fraction of sp³-hybridized carbons (Fsp3) is 0.429. The van der Waals surface area contributed by atoms with Gasteiger partial charge in [-0.15, -0.1) is 11.3 Å². The number of rotatable bonds is 5. The molecule has 0 saturated carbocycles. The number of ether oxygens (including phenoxy) is 1. The summed E-state index contributed by atoms with van der Waals surface area (Å²) in [6.45, 7) is 0.561. The Balaban J connectivity index is 1.48. The number of pyridine rings is 1. The predicted octanol–water partition coefficient (Wildman–Crippen LogP) is 2.29. The van der Waals surface area contributed by atoms with E-state index in [9.17, 15) is 9.59 Å². The molecule has 5 rings (SSSR count). The minimum Gasteiger partial charge on any atom is -0.469 e. The van der Waals surface area contributed by atoms with Gasteiger partial charge in [-0.1, -0.05) is 6.07 Å². The standard InChI is InChI=1S/C21H22N4O3S/c1-28-20(27)21(9-15-12-29-13-22-15)10-16-5-6-17(21)25(16)11-14-8-19(26)24-7-3-2-4-18(24)23-14/h2-4,7-8,12-13,16-17H,5-6,9-11H2,1H3/t16-,17+,21+/m1/s1. The van der Waals surface area contributed by atoms with E-state index in [1.165, 1.54) is 7.11 Å². The molecule has 29 heavy (non-hydrogen) atoms. The number of methoxy groups -OCH3 is 1. The number of carbonyl (C=O) groups is 1. The molecule has 5 heterocycles. The van der Waals surface area contributed by atoms with Crippen LogP contribution in [0.2, 0.25) is 0 Å². The summed E-state index contributed by atoms with van der Waals surface area (Å²) in [5, 5.41) is 2.01. The smallest absolute Gasteiger partial charge is 0.313 e. The molecule has 2 bridgehead atoms. The van der Waals surface area contributed by atoms with E-state index >= 15 is 0 Å². The Hall–Kier alpha value is -2.58. The molecule has 2 aliphatic heterocycles. The van der Waals surface area contributed by atoms with E-state index < -0.39 is 5.41 Å². The molecule has 7 nitrogen and oxygen atoms in total. The number of hydrogen-bond acceptors (Lipinski definition) is 7. The lowest BCUT2D eigenvalue weighted by Gasteiger charge is -2.34. The Bertz CT molecular complexity index is 1110. The van der Waals surface area contributed by atoms with E-state index in [-0.39, 0.29) is 23.6 Å². The maximum atomic E-state index is 12.9. The second kappa shape index (κ2) is 7.03. The monoisotopic (exact) mass is 410 g/mol. The molecule has 2 fully saturated rings. The van der Waals surface area contributed by atoms with Gasteiger partial charge < -0.3 is 4.74 Å². The third-order valence-corrected chi connectivity index (χ3v) is 7.06. The first-order valence-corrected chi connectivity index (χ1v) is 10.7. The highest BCUT2D eigenvalue weighted by atomic mass is 32.1. The maximum absolute atomic E-state index is 12.9. The fourth-order valence-electron chi connectivity index (χ4n) is 5.25. The molecule has 0 amide bonds. The van der Waals surface area contributed by atoms with Crippen LogP contribution in [0.3, 0.4) is 0 Å². The summed E-state index contributed by atoms with van der Waals surface area (Å²) in [6.07, 6.45) is 5.07. The van der Waals surface area contributed by atoms with Crippen LogP contribution in [0.15, 0.2) is 46.1 Å². The lowest BCUT2D eigenvalue weighted by atomic mass is 9.71. The van der Waals surface area contributed by atoms with Crippen LogP contribution in [0, 0.1) is 5.41 Å². The van der Waals surface area contributed by atoms with Crippen LogP contribution in [-0.4, -0.2) is 44.4 Å². The predicted molar refractivity (Wildman–Crippen MR) is 109 cm³/mol. The highest BCUT2D eigenvalue weighted by Gasteiger charge is 2.60. The van der Waals surface area contributed by atoms with Crippen LogP contribution in [-0.2, 0) is 22.5 Å². The van der Waals surface area contributed by atoms with E-state index in [0.29, 0.717) is 18.6 Å². The summed E-state index contributed by atoms with van der Waals surface area (Å²) >= 11 is 1.54. The molecule has 0 spiro atoms. The molecule has 8 heteroatoms. The minimum atomic E-state index is -0.586. The number of thiazole rings is 1. The van der Waals surface area contributed by atoms with Gasteiger partial charge in [0.05, 0.1) is 29.4 Å². The van der Waals surface area contributed by atoms with Crippen molar-refractivity contribution in [2.75, 3.05) is 7.11 Å². The van der Waals surface area contributed by atoms with E-state index in [2.05, 4.69) is 14.9 Å². The van der Waals surface area contributed by atoms with Gasteiger partial charge in [0.2, 0.25) is 0 Å². The summed E-state index contributed by atoms with van der Waals surface area (Å²) in [5.74, 6) is -0.158. The molecule has 2 saturated heterocycles. The van der Waals surface area contributed by atoms with Gasteiger partial charge in [-0.05, 0) is 31.4 Å². The SMILES string of the molecule is COC(=O)[C@@]1(Cc2cscn2)C[C@H]2CC[C@@H]1N2Cc1cc(=O)n2ccccc2n1. The van der Waals surface area contributed by atoms with E-state index in [0.717, 1.165) is 30.7 Å². The van der Waals surface area contributed by atoms with Crippen molar-refractivity contribution in [2.24, 2.45) is 5.41 Å². The quantitative estimate of drug-likeness (QED) is 0.601.